The third-order valence-electron chi connectivity index (χ3n) is 3.83. The molecule has 1 fully saturated rings. The van der Waals surface area contributed by atoms with E-state index in [1.165, 1.54) is 0 Å². The number of halogens is 2. The molecule has 1 unspecified atom stereocenters. The molecule has 3 heterocycles. The van der Waals surface area contributed by atoms with Crippen LogP contribution in [0.2, 0.25) is 0 Å². The molecule has 0 aromatic carbocycles. The number of phosphoric ester groups is 1. The minimum atomic E-state index is -4.89. The summed E-state index contributed by atoms with van der Waals surface area (Å²) >= 11 is 0. The third kappa shape index (κ3) is 3.68. The van der Waals surface area contributed by atoms with E-state index in [1.807, 2.05) is 4.98 Å². The lowest BCUT2D eigenvalue weighted by Gasteiger charge is -2.17. The predicted octanol–water partition coefficient (Wildman–Crippen LogP) is -1.91. The molecule has 1 saturated heterocycles. The number of rotatable bonds is 4. The van der Waals surface area contributed by atoms with Gasteiger partial charge >= 0.3 is 13.5 Å². The molecule has 2 aromatic rings. The molecule has 0 saturated carbocycles. The maximum absolute atomic E-state index is 14.0. The Labute approximate surface area is 146 Å². The Bertz CT molecular complexity index is 1050. The summed E-state index contributed by atoms with van der Waals surface area (Å²) in [5.41, 5.74) is -3.11. The van der Waals surface area contributed by atoms with Gasteiger partial charge in [-0.15, -0.1) is 0 Å². The molecule has 0 spiro atoms. The largest absolute Gasteiger partial charge is 0.469 e. The normalized spacial score (nSPS) is 26.0. The minimum absolute atomic E-state index is 0.536. The molecule has 0 aliphatic carbocycles. The van der Waals surface area contributed by atoms with E-state index in [2.05, 4.69) is 9.51 Å². The second kappa shape index (κ2) is 6.83. The second-order valence-electron chi connectivity index (χ2n) is 5.61. The quantitative estimate of drug-likeness (QED) is 0.356. The van der Waals surface area contributed by atoms with Crippen LogP contribution in [-0.2, 0) is 13.8 Å². The molecule has 0 radical (unpaired) electrons. The summed E-state index contributed by atoms with van der Waals surface area (Å²) < 4.78 is 48.0. The predicted molar refractivity (Wildman–Crippen MR) is 80.5 cm³/mol. The smallest absolute Gasteiger partial charge is 0.387 e. The Hall–Kier alpha value is -2.06. The lowest BCUT2D eigenvalue weighted by molar-refractivity contribution is -0.0540. The first-order chi connectivity index (χ1) is 12.5. The van der Waals surface area contributed by atoms with E-state index >= 15 is 0 Å². The fourth-order valence-electron chi connectivity index (χ4n) is 2.55. The molecule has 1 aliphatic heterocycles. The molecule has 148 valence electrons. The first-order valence-corrected chi connectivity index (χ1v) is 8.74. The van der Waals surface area contributed by atoms with E-state index < -0.39 is 72.9 Å². The van der Waals surface area contributed by atoms with Crippen LogP contribution in [0, 0.1) is 11.6 Å². The van der Waals surface area contributed by atoms with Crippen molar-refractivity contribution >= 4 is 18.9 Å². The van der Waals surface area contributed by atoms with Crippen LogP contribution in [-0.4, -0.2) is 59.5 Å². The van der Waals surface area contributed by atoms with Crippen LogP contribution >= 0.6 is 7.82 Å². The highest BCUT2D eigenvalue weighted by atomic mass is 31.2. The number of aliphatic hydroxyl groups is 2. The summed E-state index contributed by atoms with van der Waals surface area (Å²) in [5, 5.41) is 19.3. The van der Waals surface area contributed by atoms with Gasteiger partial charge in [0.15, 0.2) is 17.7 Å². The highest BCUT2D eigenvalue weighted by Crippen LogP contribution is 2.38. The molecule has 15 heteroatoms. The molecule has 5 N–H and O–H groups in total. The Kier molecular flexibility index (Phi) is 4.98. The zero-order chi connectivity index (χ0) is 20.1. The van der Waals surface area contributed by atoms with Gasteiger partial charge in [0, 0.05) is 6.20 Å². The molecule has 3 rings (SSSR count). The number of H-pyrrole nitrogens is 1. The summed E-state index contributed by atoms with van der Waals surface area (Å²) in [4.78, 5) is 45.9. The number of fused-ring (bicyclic) bond motifs is 1. The molecular formula is C12H12F2N3O9P. The van der Waals surface area contributed by atoms with Gasteiger partial charge in [-0.05, 0) is 0 Å². The number of hydrogen-bond donors (Lipinski definition) is 5. The van der Waals surface area contributed by atoms with Crippen LogP contribution in [0.5, 0.6) is 0 Å². The van der Waals surface area contributed by atoms with Gasteiger partial charge in [0.2, 0.25) is 5.82 Å². The number of aromatic amines is 1. The van der Waals surface area contributed by atoms with Crippen molar-refractivity contribution in [3.8, 4) is 0 Å². The zero-order valence-electron chi connectivity index (χ0n) is 13.0. The summed E-state index contributed by atoms with van der Waals surface area (Å²) in [5.74, 6) is -3.33. The van der Waals surface area contributed by atoms with E-state index in [1.54, 1.807) is 0 Å². The fraction of sp³-hybridized carbons (Fsp3) is 0.417. The van der Waals surface area contributed by atoms with E-state index in [0.717, 1.165) is 0 Å². The van der Waals surface area contributed by atoms with Gasteiger partial charge in [0.05, 0.1) is 12.0 Å². The number of aliphatic hydroxyl groups excluding tert-OH is 2. The number of ether oxygens (including phenoxy) is 1. The molecule has 0 amide bonds. The average Bonchev–Trinajstić information content (AvgIpc) is 2.85. The van der Waals surface area contributed by atoms with E-state index in [9.17, 15) is 33.1 Å². The summed E-state index contributed by atoms with van der Waals surface area (Å²) in [6, 6.07) is 0. The molecule has 27 heavy (non-hydrogen) atoms. The third-order valence-corrected chi connectivity index (χ3v) is 4.32. The van der Waals surface area contributed by atoms with Crippen molar-refractivity contribution in [3.05, 3.63) is 38.7 Å². The lowest BCUT2D eigenvalue weighted by Crippen LogP contribution is -2.36. The molecule has 2 aromatic heterocycles. The first-order valence-electron chi connectivity index (χ1n) is 7.21. The lowest BCUT2D eigenvalue weighted by atomic mass is 10.1. The SMILES string of the molecule is O=c1[nH]c2nc(=O)n([C@@H]3O[C@H](COP(=O)(O)O)C(O)[C@@H]3O)cc2c(F)c1F. The van der Waals surface area contributed by atoms with E-state index in [-0.39, 0.29) is 0 Å². The first kappa shape index (κ1) is 19.7. The van der Waals surface area contributed by atoms with E-state index in [0.29, 0.717) is 10.8 Å². The number of nitrogens with zero attached hydrogens (tertiary/aromatic N) is 2. The Morgan fingerprint density at radius 2 is 1.93 bits per heavy atom. The highest BCUT2D eigenvalue weighted by Gasteiger charge is 2.45. The Morgan fingerprint density at radius 1 is 1.26 bits per heavy atom. The maximum atomic E-state index is 14.0. The molecule has 0 bridgehead atoms. The van der Waals surface area contributed by atoms with Crippen molar-refractivity contribution < 1.29 is 42.6 Å². The number of aromatic nitrogens is 3. The van der Waals surface area contributed by atoms with Crippen LogP contribution < -0.4 is 11.2 Å². The van der Waals surface area contributed by atoms with Gasteiger partial charge in [0.1, 0.15) is 18.3 Å². The monoisotopic (exact) mass is 411 g/mol. The van der Waals surface area contributed by atoms with Crippen LogP contribution in [0.4, 0.5) is 8.78 Å². The van der Waals surface area contributed by atoms with Gasteiger partial charge < -0.3 is 29.7 Å². The Morgan fingerprint density at radius 3 is 2.56 bits per heavy atom. The van der Waals surface area contributed by atoms with Crippen molar-refractivity contribution in [2.75, 3.05) is 6.61 Å². The van der Waals surface area contributed by atoms with Crippen LogP contribution in [0.1, 0.15) is 6.23 Å². The second-order valence-corrected chi connectivity index (χ2v) is 6.85. The molecular weight excluding hydrogens is 399 g/mol. The van der Waals surface area contributed by atoms with Crippen molar-refractivity contribution in [2.45, 2.75) is 24.5 Å². The zero-order valence-corrected chi connectivity index (χ0v) is 13.9. The number of pyridine rings is 1. The van der Waals surface area contributed by atoms with Crippen molar-refractivity contribution in [1.82, 2.24) is 14.5 Å². The summed E-state index contributed by atoms with van der Waals surface area (Å²) in [6.07, 6.45) is -5.89. The van der Waals surface area contributed by atoms with Crippen molar-refractivity contribution in [3.63, 3.8) is 0 Å². The number of hydrogen-bond acceptors (Lipinski definition) is 8. The summed E-state index contributed by atoms with van der Waals surface area (Å²) in [6.45, 7) is -0.828. The van der Waals surface area contributed by atoms with Crippen LogP contribution in [0.15, 0.2) is 15.8 Å². The van der Waals surface area contributed by atoms with Crippen LogP contribution in [0.25, 0.3) is 11.0 Å². The van der Waals surface area contributed by atoms with Crippen molar-refractivity contribution in [1.29, 1.82) is 0 Å². The van der Waals surface area contributed by atoms with Gasteiger partial charge in [0.25, 0.3) is 5.56 Å². The Balaban J connectivity index is 1.99. The van der Waals surface area contributed by atoms with Crippen molar-refractivity contribution in [2.24, 2.45) is 0 Å². The average molecular weight is 411 g/mol. The number of phosphoric acid groups is 1. The fourth-order valence-corrected chi connectivity index (χ4v) is 2.90. The van der Waals surface area contributed by atoms with E-state index in [4.69, 9.17) is 14.5 Å². The highest BCUT2D eigenvalue weighted by molar-refractivity contribution is 7.46. The number of nitrogens with one attached hydrogen (secondary N) is 1. The van der Waals surface area contributed by atoms with Gasteiger partial charge in [-0.3, -0.25) is 13.9 Å². The molecule has 1 aliphatic rings. The minimum Gasteiger partial charge on any atom is -0.387 e. The maximum Gasteiger partial charge on any atom is 0.469 e. The standard InChI is InChI=1S/C12H12F2N3O9P/c13-5-3-1-17(12(21)16-9(3)15-10(20)6(5)14)11-8(19)7(18)4(26-11)2-25-27(22,23)24/h1,4,7-8,11,18-19H,2H2,(H2,22,23,24)(H,15,16,20,21)/t4-,7?,8+,11-/m1/s1. The van der Waals surface area contributed by atoms with Gasteiger partial charge in [-0.25, -0.2) is 13.8 Å². The summed E-state index contributed by atoms with van der Waals surface area (Å²) in [7, 11) is -4.89. The van der Waals surface area contributed by atoms with Gasteiger partial charge in [-0.2, -0.15) is 9.37 Å². The topological polar surface area (TPSA) is 184 Å². The molecule has 12 nitrogen and oxygen atoms in total. The van der Waals surface area contributed by atoms with Gasteiger partial charge in [-0.1, -0.05) is 0 Å². The molecule has 4 atom stereocenters. The van der Waals surface area contributed by atoms with Crippen LogP contribution in [0.3, 0.4) is 0 Å².